The van der Waals surface area contributed by atoms with Gasteiger partial charge in [-0.25, -0.2) is 4.98 Å². The Kier molecular flexibility index (Phi) is 6.57. The highest BCUT2D eigenvalue weighted by molar-refractivity contribution is 7.11. The van der Waals surface area contributed by atoms with Crippen molar-refractivity contribution in [2.24, 2.45) is 0 Å². The predicted molar refractivity (Wildman–Crippen MR) is 115 cm³/mol. The molecule has 0 unspecified atom stereocenters. The predicted octanol–water partition coefficient (Wildman–Crippen LogP) is 6.78. The summed E-state index contributed by atoms with van der Waals surface area (Å²) in [5.41, 5.74) is 6.33. The molecule has 3 aromatic rings. The van der Waals surface area contributed by atoms with Crippen molar-refractivity contribution < 1.29 is 0 Å². The largest absolute Gasteiger partial charge is 0.235 e. The SMILES string of the molecule is CCCCc1ccc(-c2csc(C(C#N)=Cc3ccc(CC)cc3)n2)cc1. The highest BCUT2D eigenvalue weighted by Gasteiger charge is 2.09. The van der Waals surface area contributed by atoms with Gasteiger partial charge in [-0.2, -0.15) is 5.26 Å². The molecule has 1 aromatic heterocycles. The summed E-state index contributed by atoms with van der Waals surface area (Å²) in [5.74, 6) is 0. The number of aryl methyl sites for hydroxylation is 2. The molecular formula is C24H24N2S. The molecule has 136 valence electrons. The fraction of sp³-hybridized carbons (Fsp3) is 0.250. The number of nitriles is 1. The molecule has 0 N–H and O–H groups in total. The van der Waals surface area contributed by atoms with Gasteiger partial charge >= 0.3 is 0 Å². The van der Waals surface area contributed by atoms with Crippen LogP contribution in [0.5, 0.6) is 0 Å². The standard InChI is InChI=1S/C24H24N2S/c1-3-5-6-19-11-13-21(14-12-19)23-17-27-24(26-23)22(16-25)15-20-9-7-18(4-2)8-10-20/h7-15,17H,3-6H2,1-2H3. The third-order valence-electron chi connectivity index (χ3n) is 4.62. The third-order valence-corrected chi connectivity index (χ3v) is 5.50. The van der Waals surface area contributed by atoms with E-state index in [1.165, 1.54) is 35.3 Å². The fourth-order valence-electron chi connectivity index (χ4n) is 2.91. The number of thiazole rings is 1. The molecule has 0 saturated heterocycles. The maximum absolute atomic E-state index is 9.59. The van der Waals surface area contributed by atoms with Crippen molar-refractivity contribution in [1.29, 1.82) is 5.26 Å². The molecule has 2 nitrogen and oxygen atoms in total. The van der Waals surface area contributed by atoms with Crippen LogP contribution >= 0.6 is 11.3 Å². The molecule has 0 saturated carbocycles. The summed E-state index contributed by atoms with van der Waals surface area (Å²) >= 11 is 1.52. The number of hydrogen-bond acceptors (Lipinski definition) is 3. The minimum absolute atomic E-state index is 0.607. The molecule has 3 rings (SSSR count). The van der Waals surface area contributed by atoms with E-state index in [9.17, 15) is 5.26 Å². The molecule has 0 aliphatic rings. The summed E-state index contributed by atoms with van der Waals surface area (Å²) < 4.78 is 0. The zero-order valence-electron chi connectivity index (χ0n) is 15.9. The monoisotopic (exact) mass is 372 g/mol. The van der Waals surface area contributed by atoms with E-state index in [2.05, 4.69) is 68.4 Å². The average molecular weight is 373 g/mol. The van der Waals surface area contributed by atoms with E-state index in [4.69, 9.17) is 4.98 Å². The van der Waals surface area contributed by atoms with Crippen molar-refractivity contribution in [3.63, 3.8) is 0 Å². The molecule has 0 radical (unpaired) electrons. The zero-order chi connectivity index (χ0) is 19.1. The second kappa shape index (κ2) is 9.30. The van der Waals surface area contributed by atoms with Crippen LogP contribution in [0, 0.1) is 11.3 Å². The molecule has 0 spiro atoms. The molecule has 0 bridgehead atoms. The molecule has 27 heavy (non-hydrogen) atoms. The van der Waals surface area contributed by atoms with Gasteiger partial charge in [0.25, 0.3) is 0 Å². The van der Waals surface area contributed by atoms with Crippen LogP contribution in [0.1, 0.15) is 48.4 Å². The van der Waals surface area contributed by atoms with E-state index in [0.29, 0.717) is 5.57 Å². The van der Waals surface area contributed by atoms with E-state index in [0.717, 1.165) is 34.7 Å². The van der Waals surface area contributed by atoms with Gasteiger partial charge in [-0.3, -0.25) is 0 Å². The molecule has 0 atom stereocenters. The van der Waals surface area contributed by atoms with E-state index >= 15 is 0 Å². The van der Waals surface area contributed by atoms with Gasteiger partial charge in [-0.05, 0) is 42.0 Å². The number of rotatable bonds is 7. The normalized spacial score (nSPS) is 11.4. The maximum atomic E-state index is 9.59. The van der Waals surface area contributed by atoms with Crippen LogP contribution in [-0.2, 0) is 12.8 Å². The van der Waals surface area contributed by atoms with E-state index in [-0.39, 0.29) is 0 Å². The Balaban J connectivity index is 1.80. The van der Waals surface area contributed by atoms with Crippen LogP contribution in [0.25, 0.3) is 22.9 Å². The number of benzene rings is 2. The molecule has 1 heterocycles. The van der Waals surface area contributed by atoms with Crippen molar-refractivity contribution in [3.8, 4) is 17.3 Å². The highest BCUT2D eigenvalue weighted by Crippen LogP contribution is 2.27. The summed E-state index contributed by atoms with van der Waals surface area (Å²) in [6.45, 7) is 4.35. The Labute approximate surface area is 165 Å². The number of unbranched alkanes of at least 4 members (excludes halogenated alkanes) is 1. The van der Waals surface area contributed by atoms with Gasteiger partial charge < -0.3 is 0 Å². The van der Waals surface area contributed by atoms with E-state index in [1.54, 1.807) is 0 Å². The smallest absolute Gasteiger partial charge is 0.134 e. The second-order valence-electron chi connectivity index (χ2n) is 6.60. The quantitative estimate of drug-likeness (QED) is 0.429. The van der Waals surface area contributed by atoms with Crippen LogP contribution in [-0.4, -0.2) is 4.98 Å². The van der Waals surface area contributed by atoms with Crippen molar-refractivity contribution in [2.45, 2.75) is 39.5 Å². The van der Waals surface area contributed by atoms with Gasteiger partial charge in [-0.1, -0.05) is 68.8 Å². The van der Waals surface area contributed by atoms with E-state index < -0.39 is 0 Å². The first-order valence-electron chi connectivity index (χ1n) is 9.49. The number of aromatic nitrogens is 1. The van der Waals surface area contributed by atoms with Crippen LogP contribution < -0.4 is 0 Å². The molecular weight excluding hydrogens is 348 g/mol. The second-order valence-corrected chi connectivity index (χ2v) is 7.46. The van der Waals surface area contributed by atoms with Gasteiger partial charge in [0.1, 0.15) is 11.1 Å². The molecule has 0 amide bonds. The Hall–Kier alpha value is -2.70. The van der Waals surface area contributed by atoms with Gasteiger partial charge in [0.05, 0.1) is 11.3 Å². The molecule has 0 fully saturated rings. The van der Waals surface area contributed by atoms with Crippen LogP contribution in [0.2, 0.25) is 0 Å². The van der Waals surface area contributed by atoms with Crippen molar-refractivity contribution in [2.75, 3.05) is 0 Å². The minimum atomic E-state index is 0.607. The first-order chi connectivity index (χ1) is 13.2. The van der Waals surface area contributed by atoms with Gasteiger partial charge in [0, 0.05) is 10.9 Å². The number of allylic oxidation sites excluding steroid dienone is 1. The Morgan fingerprint density at radius 3 is 2.37 bits per heavy atom. The van der Waals surface area contributed by atoms with Crippen LogP contribution in [0.3, 0.4) is 0 Å². The number of nitrogens with zero attached hydrogens (tertiary/aromatic N) is 2. The lowest BCUT2D eigenvalue weighted by molar-refractivity contribution is 0.795. The summed E-state index contributed by atoms with van der Waals surface area (Å²) in [5, 5.41) is 12.4. The summed E-state index contributed by atoms with van der Waals surface area (Å²) in [6.07, 6.45) is 6.48. The first-order valence-corrected chi connectivity index (χ1v) is 10.4. The zero-order valence-corrected chi connectivity index (χ0v) is 16.7. The first kappa shape index (κ1) is 19.1. The maximum Gasteiger partial charge on any atom is 0.134 e. The highest BCUT2D eigenvalue weighted by atomic mass is 32.1. The lowest BCUT2D eigenvalue weighted by atomic mass is 10.1. The summed E-state index contributed by atoms with van der Waals surface area (Å²) in [6, 6.07) is 19.2. The molecule has 3 heteroatoms. The fourth-order valence-corrected chi connectivity index (χ4v) is 3.71. The van der Waals surface area contributed by atoms with E-state index in [1.807, 2.05) is 11.5 Å². The molecule has 2 aromatic carbocycles. The summed E-state index contributed by atoms with van der Waals surface area (Å²) in [7, 11) is 0. The van der Waals surface area contributed by atoms with Gasteiger partial charge in [0.15, 0.2) is 0 Å². The van der Waals surface area contributed by atoms with Crippen molar-refractivity contribution in [3.05, 3.63) is 75.6 Å². The topological polar surface area (TPSA) is 36.7 Å². The van der Waals surface area contributed by atoms with Crippen molar-refractivity contribution in [1.82, 2.24) is 4.98 Å². The Morgan fingerprint density at radius 1 is 1.04 bits per heavy atom. The minimum Gasteiger partial charge on any atom is -0.235 e. The summed E-state index contributed by atoms with van der Waals surface area (Å²) in [4.78, 5) is 4.70. The van der Waals surface area contributed by atoms with Gasteiger partial charge in [-0.15, -0.1) is 11.3 Å². The van der Waals surface area contributed by atoms with Crippen LogP contribution in [0.4, 0.5) is 0 Å². The van der Waals surface area contributed by atoms with Crippen LogP contribution in [0.15, 0.2) is 53.9 Å². The molecule has 0 aliphatic heterocycles. The van der Waals surface area contributed by atoms with Crippen molar-refractivity contribution >= 4 is 23.0 Å². The lowest BCUT2D eigenvalue weighted by Crippen LogP contribution is -1.86. The lowest BCUT2D eigenvalue weighted by Gasteiger charge is -2.01. The number of hydrogen-bond donors (Lipinski definition) is 0. The third kappa shape index (κ3) is 4.93. The Morgan fingerprint density at radius 2 is 1.74 bits per heavy atom. The average Bonchev–Trinajstić information content (AvgIpc) is 3.21. The Bertz CT molecular complexity index is 941. The molecule has 0 aliphatic carbocycles. The van der Waals surface area contributed by atoms with Gasteiger partial charge in [0.2, 0.25) is 0 Å².